The maximum absolute atomic E-state index is 12.1. The van der Waals surface area contributed by atoms with Crippen molar-refractivity contribution in [2.45, 2.75) is 68.6 Å². The van der Waals surface area contributed by atoms with Gasteiger partial charge in [0.15, 0.2) is 12.0 Å². The van der Waals surface area contributed by atoms with Crippen LogP contribution in [0.5, 0.6) is 0 Å². The second-order valence-corrected chi connectivity index (χ2v) is 11.3. The van der Waals surface area contributed by atoms with Crippen LogP contribution in [-0.2, 0) is 16.7 Å². The second kappa shape index (κ2) is 6.65. The molecule has 4 saturated heterocycles. The number of ether oxygens (including phenoxy) is 1. The number of nitrogens with zero attached hydrogens (tertiary/aromatic N) is 2. The van der Waals surface area contributed by atoms with E-state index in [1.54, 1.807) is 6.07 Å². The molecule has 5 aliphatic heterocycles. The molecular formula is C27H33N2O5+. The lowest BCUT2D eigenvalue weighted by atomic mass is 9.60. The molecule has 7 heteroatoms. The van der Waals surface area contributed by atoms with Crippen LogP contribution < -0.4 is 4.90 Å². The molecule has 5 bridgehead atoms. The van der Waals surface area contributed by atoms with Crippen molar-refractivity contribution in [2.75, 3.05) is 19.1 Å². The molecule has 7 nitrogen and oxygen atoms in total. The number of methoxy groups -OCH3 is 1. The number of carbonyl (C=O) groups excluding carboxylic acids is 1. The molecule has 5 unspecified atom stereocenters. The number of esters is 1. The number of furan rings is 1. The fourth-order valence-electron chi connectivity index (χ4n) is 9.65. The van der Waals surface area contributed by atoms with Crippen molar-refractivity contribution < 1.29 is 28.6 Å². The van der Waals surface area contributed by atoms with E-state index in [9.17, 15) is 15.0 Å². The van der Waals surface area contributed by atoms with Gasteiger partial charge in [-0.1, -0.05) is 25.1 Å². The minimum Gasteiger partial charge on any atom is -0.463 e. The standard InChI is InChI=1S/C27H33N2O5/c1-4-15-16-11-19-23-27(17-7-5-6-8-18(17)28(23)2)12-20(22(16)24(27)30)29(19,25(15)31)13-14-9-10-21(34-14)26(32)33-3/h5-10,15-16,19-20,22-25,30-31H,4,11-13H2,1-3H3/q+1/t15-,16-,19?,20-,22?,23-,24?,25+,27?,29?/m0/s1. The van der Waals surface area contributed by atoms with Crippen molar-refractivity contribution in [2.24, 2.45) is 17.8 Å². The average Bonchev–Trinajstić information content (AvgIpc) is 3.47. The van der Waals surface area contributed by atoms with Crippen LogP contribution in [-0.4, -0.2) is 65.3 Å². The van der Waals surface area contributed by atoms with Crippen LogP contribution in [0.2, 0.25) is 0 Å². The van der Waals surface area contributed by atoms with Crippen LogP contribution >= 0.6 is 0 Å². The molecule has 5 fully saturated rings. The molecule has 180 valence electrons. The van der Waals surface area contributed by atoms with E-state index in [-0.39, 0.29) is 41.1 Å². The van der Waals surface area contributed by atoms with E-state index < -0.39 is 18.3 Å². The lowest BCUT2D eigenvalue weighted by Gasteiger charge is -2.67. The number of hydrogen-bond acceptors (Lipinski definition) is 6. The Morgan fingerprint density at radius 3 is 2.79 bits per heavy atom. The quantitative estimate of drug-likeness (QED) is 0.534. The molecule has 1 aromatic heterocycles. The van der Waals surface area contributed by atoms with Gasteiger partial charge in [-0.15, -0.1) is 0 Å². The Hall–Kier alpha value is -2.35. The van der Waals surface area contributed by atoms with Gasteiger partial charge in [0, 0.05) is 37.4 Å². The van der Waals surface area contributed by atoms with E-state index in [0.717, 1.165) is 19.3 Å². The topological polar surface area (TPSA) is 83.1 Å². The number of aliphatic hydroxyl groups is 2. The highest BCUT2D eigenvalue weighted by molar-refractivity contribution is 5.86. The number of likely N-dealkylation sites (N-methyl/N-ethyl adjacent to an activating group) is 1. The van der Waals surface area contributed by atoms with E-state index in [1.165, 1.54) is 18.4 Å². The summed E-state index contributed by atoms with van der Waals surface area (Å²) < 4.78 is 11.3. The summed E-state index contributed by atoms with van der Waals surface area (Å²) in [7, 11) is 3.51. The first-order valence-corrected chi connectivity index (χ1v) is 12.6. The van der Waals surface area contributed by atoms with Gasteiger partial charge < -0.3 is 24.3 Å². The van der Waals surface area contributed by atoms with Gasteiger partial charge in [-0.2, -0.15) is 0 Å². The molecule has 1 aliphatic carbocycles. The maximum atomic E-state index is 12.1. The van der Waals surface area contributed by atoms with Gasteiger partial charge in [0.1, 0.15) is 12.6 Å². The van der Waals surface area contributed by atoms with E-state index >= 15 is 0 Å². The van der Waals surface area contributed by atoms with Gasteiger partial charge in [-0.3, -0.25) is 4.48 Å². The zero-order chi connectivity index (χ0) is 23.6. The SMILES string of the molecule is CC[C@H]1[C@@H]2CC3[C@@H]4N(C)c5ccccc5C45C[C@@H](C2C5O)[N+]3(Cc2ccc(C(=O)OC)o2)[C@@H]1O. The van der Waals surface area contributed by atoms with Gasteiger partial charge >= 0.3 is 5.97 Å². The lowest BCUT2D eigenvalue weighted by molar-refractivity contribution is -1.05. The molecule has 0 radical (unpaired) electrons. The van der Waals surface area contributed by atoms with Crippen molar-refractivity contribution in [3.8, 4) is 0 Å². The van der Waals surface area contributed by atoms with Gasteiger partial charge in [0.05, 0.1) is 30.7 Å². The van der Waals surface area contributed by atoms with Gasteiger partial charge in [0.2, 0.25) is 5.76 Å². The van der Waals surface area contributed by atoms with Crippen LogP contribution in [0.25, 0.3) is 0 Å². The van der Waals surface area contributed by atoms with E-state index in [1.807, 2.05) is 6.07 Å². The third-order valence-electron chi connectivity index (χ3n) is 10.6. The smallest absolute Gasteiger partial charge is 0.373 e. The number of carbonyl (C=O) groups is 1. The number of para-hydroxylation sites is 1. The predicted octanol–water partition coefficient (Wildman–Crippen LogP) is 2.65. The molecule has 2 aromatic rings. The zero-order valence-corrected chi connectivity index (χ0v) is 19.9. The summed E-state index contributed by atoms with van der Waals surface area (Å²) in [5.74, 6) is 1.04. The first-order chi connectivity index (χ1) is 16.4. The lowest BCUT2D eigenvalue weighted by Crippen LogP contribution is -2.82. The van der Waals surface area contributed by atoms with Crippen LogP contribution in [0, 0.1) is 17.8 Å². The van der Waals surface area contributed by atoms with Crippen LogP contribution in [0.15, 0.2) is 40.8 Å². The molecule has 34 heavy (non-hydrogen) atoms. The summed E-state index contributed by atoms with van der Waals surface area (Å²) in [6.45, 7) is 2.69. The Balaban J connectivity index is 1.41. The fraction of sp³-hybridized carbons (Fsp3) is 0.593. The molecule has 6 aliphatic rings. The molecule has 8 rings (SSSR count). The molecule has 0 amide bonds. The normalized spacial score (nSPS) is 44.9. The number of aliphatic hydroxyl groups excluding tert-OH is 2. The van der Waals surface area contributed by atoms with Gasteiger partial charge in [-0.25, -0.2) is 4.79 Å². The zero-order valence-electron chi connectivity index (χ0n) is 19.9. The monoisotopic (exact) mass is 465 g/mol. The summed E-state index contributed by atoms with van der Waals surface area (Å²) in [5.41, 5.74) is 2.20. The summed E-state index contributed by atoms with van der Waals surface area (Å²) in [6.07, 6.45) is 1.83. The third kappa shape index (κ3) is 2.10. The van der Waals surface area contributed by atoms with Crippen molar-refractivity contribution in [3.05, 3.63) is 53.5 Å². The van der Waals surface area contributed by atoms with Crippen molar-refractivity contribution in [1.82, 2.24) is 0 Å². The molecule has 10 atom stereocenters. The highest BCUT2D eigenvalue weighted by atomic mass is 16.5. The number of benzene rings is 1. The number of fused-ring (bicyclic) bond motifs is 2. The molecule has 6 heterocycles. The second-order valence-electron chi connectivity index (χ2n) is 11.3. The average molecular weight is 466 g/mol. The minimum atomic E-state index is -0.512. The number of piperidine rings is 4. The van der Waals surface area contributed by atoms with E-state index in [2.05, 4.69) is 43.1 Å². The van der Waals surface area contributed by atoms with E-state index in [4.69, 9.17) is 9.15 Å². The third-order valence-corrected chi connectivity index (χ3v) is 10.6. The van der Waals surface area contributed by atoms with Gasteiger partial charge in [0.25, 0.3) is 0 Å². The first kappa shape index (κ1) is 21.0. The summed E-state index contributed by atoms with van der Waals surface area (Å²) in [6, 6.07) is 12.6. The summed E-state index contributed by atoms with van der Waals surface area (Å²) in [4.78, 5) is 14.4. The summed E-state index contributed by atoms with van der Waals surface area (Å²) in [5, 5.41) is 24.1. The molecular weight excluding hydrogens is 432 g/mol. The van der Waals surface area contributed by atoms with Gasteiger partial charge in [-0.05, 0) is 36.1 Å². The number of rotatable bonds is 4. The first-order valence-electron chi connectivity index (χ1n) is 12.6. The highest BCUT2D eigenvalue weighted by Gasteiger charge is 2.83. The number of anilines is 1. The Morgan fingerprint density at radius 1 is 1.24 bits per heavy atom. The Bertz CT molecular complexity index is 1180. The Morgan fingerprint density at radius 2 is 2.03 bits per heavy atom. The van der Waals surface area contributed by atoms with Crippen LogP contribution in [0.4, 0.5) is 5.69 Å². The van der Waals surface area contributed by atoms with Crippen LogP contribution in [0.1, 0.15) is 48.1 Å². The van der Waals surface area contributed by atoms with Crippen molar-refractivity contribution in [1.29, 1.82) is 0 Å². The molecule has 1 aromatic carbocycles. The van der Waals surface area contributed by atoms with E-state index in [0.29, 0.717) is 22.7 Å². The van der Waals surface area contributed by atoms with Crippen LogP contribution in [0.3, 0.4) is 0 Å². The number of hydrogen-bond donors (Lipinski definition) is 2. The Labute approximate surface area is 199 Å². The minimum absolute atomic E-state index is 0.119. The summed E-state index contributed by atoms with van der Waals surface area (Å²) >= 11 is 0. The maximum Gasteiger partial charge on any atom is 0.373 e. The highest BCUT2D eigenvalue weighted by Crippen LogP contribution is 2.71. The molecule has 1 saturated carbocycles. The molecule has 1 spiro atoms. The van der Waals surface area contributed by atoms with Crippen molar-refractivity contribution in [3.63, 3.8) is 0 Å². The van der Waals surface area contributed by atoms with Crippen molar-refractivity contribution >= 4 is 11.7 Å². The fourth-order valence-corrected chi connectivity index (χ4v) is 9.65. The molecule has 2 N–H and O–H groups in total. The number of quaternary nitrogens is 1. The Kier molecular flexibility index (Phi) is 4.10. The largest absolute Gasteiger partial charge is 0.463 e. The predicted molar refractivity (Wildman–Crippen MR) is 124 cm³/mol.